The van der Waals surface area contributed by atoms with E-state index in [-0.39, 0.29) is 12.8 Å². The van der Waals surface area contributed by atoms with Crippen LogP contribution in [0.5, 0.6) is 0 Å². The summed E-state index contributed by atoms with van der Waals surface area (Å²) in [6.07, 6.45) is 0.130. The lowest BCUT2D eigenvalue weighted by Gasteiger charge is -2.25. The summed E-state index contributed by atoms with van der Waals surface area (Å²) >= 11 is 2.12. The molecule has 0 radical (unpaired) electrons. The fourth-order valence-electron chi connectivity index (χ4n) is 1.45. The molecule has 0 aliphatic rings. The average molecular weight is 372 g/mol. The Morgan fingerprint density at radius 1 is 1.42 bits per heavy atom. The van der Waals surface area contributed by atoms with Gasteiger partial charge in [-0.3, -0.25) is 4.79 Å². The molecule has 0 saturated heterocycles. The van der Waals surface area contributed by atoms with E-state index in [2.05, 4.69) is 27.9 Å². The van der Waals surface area contributed by atoms with E-state index < -0.39 is 17.4 Å². The first-order valence-corrected chi connectivity index (χ1v) is 6.65. The topological polar surface area (TPSA) is 90.2 Å². The molecule has 0 aliphatic heterocycles. The van der Waals surface area contributed by atoms with Gasteiger partial charge in [-0.25, -0.2) is 4.79 Å². The average Bonchev–Trinajstić information content (AvgIpc) is 2.36. The van der Waals surface area contributed by atoms with E-state index in [0.29, 0.717) is 5.56 Å². The smallest absolute Gasteiger partial charge is 0.329 e. The molecule has 0 fully saturated rings. The van der Waals surface area contributed by atoms with E-state index in [1.165, 1.54) is 6.92 Å². The van der Waals surface area contributed by atoms with Gasteiger partial charge in [0, 0.05) is 15.6 Å². The second kappa shape index (κ2) is 6.52. The first kappa shape index (κ1) is 15.4. The highest BCUT2D eigenvalue weighted by Crippen LogP contribution is 2.14. The summed E-state index contributed by atoms with van der Waals surface area (Å²) in [4.78, 5) is 23.2. The Hall–Kier alpha value is -1.62. The number of carboxylic acids is 1. The van der Waals surface area contributed by atoms with Crippen LogP contribution in [0.3, 0.4) is 0 Å². The van der Waals surface area contributed by atoms with Crippen molar-refractivity contribution in [2.24, 2.45) is 0 Å². The number of rotatable bonds is 5. The largest absolute Gasteiger partial charge is 0.480 e. The van der Waals surface area contributed by atoms with E-state index in [4.69, 9.17) is 5.26 Å². The molecular formula is C13H13IN2O3. The number of hydrogen-bond donors (Lipinski definition) is 2. The SMILES string of the molecule is CC(CCC#N)(NC(=O)c1ccc(I)cc1)C(=O)O. The Balaban J connectivity index is 2.85. The van der Waals surface area contributed by atoms with Crippen LogP contribution >= 0.6 is 22.6 Å². The van der Waals surface area contributed by atoms with Gasteiger partial charge < -0.3 is 10.4 Å². The molecule has 2 N–H and O–H groups in total. The fourth-order valence-corrected chi connectivity index (χ4v) is 1.81. The number of carbonyl (C=O) groups is 2. The number of carbonyl (C=O) groups excluding carboxylic acids is 1. The molecule has 0 saturated carbocycles. The van der Waals surface area contributed by atoms with Gasteiger partial charge in [0.05, 0.1) is 6.07 Å². The maximum absolute atomic E-state index is 12.0. The summed E-state index contributed by atoms with van der Waals surface area (Å²) in [6.45, 7) is 1.40. The van der Waals surface area contributed by atoms with Crippen molar-refractivity contribution < 1.29 is 14.7 Å². The molecule has 100 valence electrons. The number of amides is 1. The van der Waals surface area contributed by atoms with Crippen molar-refractivity contribution in [2.75, 3.05) is 0 Å². The molecule has 5 nitrogen and oxygen atoms in total. The van der Waals surface area contributed by atoms with E-state index in [1.807, 2.05) is 6.07 Å². The minimum absolute atomic E-state index is 0.0644. The molecule has 0 aromatic heterocycles. The van der Waals surface area contributed by atoms with Crippen LogP contribution in [0, 0.1) is 14.9 Å². The lowest BCUT2D eigenvalue weighted by molar-refractivity contribution is -0.144. The zero-order valence-corrected chi connectivity index (χ0v) is 12.5. The zero-order valence-electron chi connectivity index (χ0n) is 10.3. The van der Waals surface area contributed by atoms with Crippen molar-refractivity contribution in [2.45, 2.75) is 25.3 Å². The second-order valence-electron chi connectivity index (χ2n) is 4.26. The zero-order chi connectivity index (χ0) is 14.5. The summed E-state index contributed by atoms with van der Waals surface area (Å²) in [5, 5.41) is 20.2. The summed E-state index contributed by atoms with van der Waals surface area (Å²) in [6, 6.07) is 8.67. The van der Waals surface area contributed by atoms with Crippen molar-refractivity contribution in [3.05, 3.63) is 33.4 Å². The number of hydrogen-bond acceptors (Lipinski definition) is 3. The Labute approximate surface area is 124 Å². The van der Waals surface area contributed by atoms with Gasteiger partial charge in [0.25, 0.3) is 5.91 Å². The summed E-state index contributed by atoms with van der Waals surface area (Å²) in [5.41, 5.74) is -1.04. The summed E-state index contributed by atoms with van der Waals surface area (Å²) < 4.78 is 0.986. The lowest BCUT2D eigenvalue weighted by Crippen LogP contribution is -2.52. The third-order valence-corrected chi connectivity index (χ3v) is 3.42. The minimum atomic E-state index is -1.43. The van der Waals surface area contributed by atoms with E-state index in [0.717, 1.165) is 3.57 Å². The Morgan fingerprint density at radius 2 is 2.00 bits per heavy atom. The first-order chi connectivity index (χ1) is 8.89. The van der Waals surface area contributed by atoms with Crippen LogP contribution in [0.1, 0.15) is 30.1 Å². The Morgan fingerprint density at radius 3 is 2.47 bits per heavy atom. The van der Waals surface area contributed by atoms with Gasteiger partial charge in [0.1, 0.15) is 5.54 Å². The minimum Gasteiger partial charge on any atom is -0.480 e. The van der Waals surface area contributed by atoms with Gasteiger partial charge in [0.2, 0.25) is 0 Å². The first-order valence-electron chi connectivity index (χ1n) is 5.57. The molecule has 19 heavy (non-hydrogen) atoms. The third kappa shape index (κ3) is 4.21. The maximum atomic E-state index is 12.0. The molecule has 0 spiro atoms. The van der Waals surface area contributed by atoms with Crippen LogP contribution in [0.4, 0.5) is 0 Å². The van der Waals surface area contributed by atoms with Gasteiger partial charge in [0.15, 0.2) is 0 Å². The van der Waals surface area contributed by atoms with Crippen LogP contribution in [-0.4, -0.2) is 22.5 Å². The van der Waals surface area contributed by atoms with Crippen LogP contribution in [0.15, 0.2) is 24.3 Å². The van der Waals surface area contributed by atoms with Crippen molar-refractivity contribution in [3.8, 4) is 6.07 Å². The van der Waals surface area contributed by atoms with Gasteiger partial charge in [-0.1, -0.05) is 0 Å². The second-order valence-corrected chi connectivity index (χ2v) is 5.50. The van der Waals surface area contributed by atoms with Crippen molar-refractivity contribution in [1.29, 1.82) is 5.26 Å². The quantitative estimate of drug-likeness (QED) is 0.776. The van der Waals surface area contributed by atoms with Gasteiger partial charge in [-0.15, -0.1) is 0 Å². The summed E-state index contributed by atoms with van der Waals surface area (Å²) in [7, 11) is 0. The standard InChI is InChI=1S/C13H13IN2O3/c1-13(12(18)19,7-2-8-15)16-11(17)9-3-5-10(14)6-4-9/h3-6H,2,7H2,1H3,(H,16,17)(H,18,19). The molecule has 0 bridgehead atoms. The number of halogens is 1. The highest BCUT2D eigenvalue weighted by Gasteiger charge is 2.34. The summed E-state index contributed by atoms with van der Waals surface area (Å²) in [5.74, 6) is -1.61. The number of nitrogens with zero attached hydrogens (tertiary/aromatic N) is 1. The monoisotopic (exact) mass is 372 g/mol. The predicted octanol–water partition coefficient (Wildman–Crippen LogP) is 2.17. The van der Waals surface area contributed by atoms with Crippen molar-refractivity contribution >= 4 is 34.5 Å². The number of carboxylic acid groups (broad SMARTS) is 1. The molecular weight excluding hydrogens is 359 g/mol. The maximum Gasteiger partial charge on any atom is 0.329 e. The van der Waals surface area contributed by atoms with E-state index in [1.54, 1.807) is 24.3 Å². The van der Waals surface area contributed by atoms with Crippen LogP contribution in [0.2, 0.25) is 0 Å². The lowest BCUT2D eigenvalue weighted by atomic mass is 9.95. The highest BCUT2D eigenvalue weighted by atomic mass is 127. The normalized spacial score (nSPS) is 13.1. The molecule has 1 aromatic rings. The number of aliphatic carboxylic acids is 1. The van der Waals surface area contributed by atoms with Crippen LogP contribution < -0.4 is 5.32 Å². The molecule has 1 unspecified atom stereocenters. The Bertz CT molecular complexity index is 522. The fraction of sp³-hybridized carbons (Fsp3) is 0.308. The van der Waals surface area contributed by atoms with Crippen molar-refractivity contribution in [1.82, 2.24) is 5.32 Å². The molecule has 1 atom stereocenters. The molecule has 1 aromatic carbocycles. The molecule has 1 amide bonds. The number of nitrogens with one attached hydrogen (secondary N) is 1. The molecule has 0 aliphatic carbocycles. The number of nitriles is 1. The van der Waals surface area contributed by atoms with Crippen molar-refractivity contribution in [3.63, 3.8) is 0 Å². The third-order valence-electron chi connectivity index (χ3n) is 2.70. The predicted molar refractivity (Wildman–Crippen MR) is 77.5 cm³/mol. The van der Waals surface area contributed by atoms with Gasteiger partial charge in [-0.2, -0.15) is 5.26 Å². The highest BCUT2D eigenvalue weighted by molar-refractivity contribution is 14.1. The number of benzene rings is 1. The Kier molecular flexibility index (Phi) is 5.30. The molecule has 6 heteroatoms. The molecule has 0 heterocycles. The van der Waals surface area contributed by atoms with Crippen LogP contribution in [0.25, 0.3) is 0 Å². The van der Waals surface area contributed by atoms with E-state index >= 15 is 0 Å². The van der Waals surface area contributed by atoms with Gasteiger partial charge >= 0.3 is 5.97 Å². The van der Waals surface area contributed by atoms with E-state index in [9.17, 15) is 14.7 Å². The van der Waals surface area contributed by atoms with Gasteiger partial charge in [-0.05, 0) is 60.2 Å². The molecule has 1 rings (SSSR count). The van der Waals surface area contributed by atoms with Crippen LogP contribution in [-0.2, 0) is 4.79 Å².